The minimum absolute atomic E-state index is 0. The maximum atomic E-state index is 10.5. The fourth-order valence-electron chi connectivity index (χ4n) is 0.848. The Morgan fingerprint density at radius 3 is 2.60 bits per heavy atom. The molecule has 0 aromatic rings. The Kier molecular flexibility index (Phi) is 10.9. The van der Waals surface area contributed by atoms with Gasteiger partial charge < -0.3 is 34.1 Å². The molecule has 0 aliphatic carbocycles. The van der Waals surface area contributed by atoms with Crippen molar-refractivity contribution in [2.24, 2.45) is 4.99 Å². The van der Waals surface area contributed by atoms with Gasteiger partial charge in [0.15, 0.2) is 0 Å². The predicted octanol–water partition coefficient (Wildman–Crippen LogP) is -3.06. The Morgan fingerprint density at radius 2 is 1.90 bits per heavy atom. The normalized spacial score (nSPS) is 17.4. The van der Waals surface area contributed by atoms with Gasteiger partial charge in [-0.15, -0.1) is 0 Å². The molecule has 0 saturated carbocycles. The van der Waals surface area contributed by atoms with Crippen molar-refractivity contribution < 1.29 is 29.1 Å². The third-order valence-corrected chi connectivity index (χ3v) is 1.34. The van der Waals surface area contributed by atoms with Gasteiger partial charge >= 0.3 is 23.1 Å². The zero-order chi connectivity index (χ0) is 5.82. The fraction of sp³-hybridized carbons (Fsp3) is 0.833. The topological polar surface area (TPSA) is 35.4 Å². The van der Waals surface area contributed by atoms with Crippen LogP contribution in [0.1, 0.15) is 25.7 Å². The van der Waals surface area contributed by atoms with E-state index in [-0.39, 0.29) is 52.9 Å². The van der Waals surface area contributed by atoms with Gasteiger partial charge in [0.2, 0.25) is 0 Å². The van der Waals surface area contributed by atoms with Crippen LogP contribution in [0.3, 0.4) is 0 Å². The molecule has 0 atom stereocenters. The number of rotatable bonds is 0. The number of halogens is 1. The van der Waals surface area contributed by atoms with Crippen LogP contribution in [0.2, 0.25) is 0 Å². The summed E-state index contributed by atoms with van der Waals surface area (Å²) >= 11 is 0. The van der Waals surface area contributed by atoms with Gasteiger partial charge in [-0.3, -0.25) is 0 Å². The van der Waals surface area contributed by atoms with E-state index >= 15 is 0 Å². The average molecular weight is 263 g/mol. The molecular formula is C6H10IMgNO. The summed E-state index contributed by atoms with van der Waals surface area (Å²) in [5, 5.41) is 10.5. The van der Waals surface area contributed by atoms with Gasteiger partial charge in [0, 0.05) is 6.54 Å². The molecule has 4 heteroatoms. The summed E-state index contributed by atoms with van der Waals surface area (Å²) in [5.74, 6) is 0.0995. The van der Waals surface area contributed by atoms with Crippen molar-refractivity contribution in [2.75, 3.05) is 6.54 Å². The molecule has 0 amide bonds. The summed E-state index contributed by atoms with van der Waals surface area (Å²) in [6, 6.07) is 0. The van der Waals surface area contributed by atoms with Crippen LogP contribution in [-0.2, 0) is 0 Å². The zero-order valence-electron chi connectivity index (χ0n) is 5.98. The quantitative estimate of drug-likeness (QED) is 0.338. The van der Waals surface area contributed by atoms with Crippen LogP contribution in [0.25, 0.3) is 0 Å². The van der Waals surface area contributed by atoms with Crippen LogP contribution >= 0.6 is 0 Å². The van der Waals surface area contributed by atoms with Crippen molar-refractivity contribution in [1.29, 1.82) is 0 Å². The Labute approximate surface area is 94.7 Å². The zero-order valence-corrected chi connectivity index (χ0v) is 9.55. The summed E-state index contributed by atoms with van der Waals surface area (Å²) in [6.45, 7) is 0.763. The molecule has 0 bridgehead atoms. The molecule has 10 heavy (non-hydrogen) atoms. The van der Waals surface area contributed by atoms with E-state index in [4.69, 9.17) is 0 Å². The van der Waals surface area contributed by atoms with Gasteiger partial charge in [0.1, 0.15) is 0 Å². The van der Waals surface area contributed by atoms with Crippen LogP contribution in [0.4, 0.5) is 0 Å². The third kappa shape index (κ3) is 5.73. The minimum Gasteiger partial charge on any atom is -1.00 e. The molecule has 1 heterocycles. The van der Waals surface area contributed by atoms with Gasteiger partial charge in [0.05, 0.1) is 0 Å². The van der Waals surface area contributed by atoms with Gasteiger partial charge in [-0.05, 0) is 25.2 Å². The van der Waals surface area contributed by atoms with Gasteiger partial charge in [-0.25, -0.2) is 0 Å². The van der Waals surface area contributed by atoms with Crippen molar-refractivity contribution in [3.63, 3.8) is 0 Å². The first-order valence-corrected chi connectivity index (χ1v) is 3.10. The Hall–Kier alpha value is 0.966. The molecule has 54 valence electrons. The van der Waals surface area contributed by atoms with Gasteiger partial charge in [0.25, 0.3) is 0 Å². The van der Waals surface area contributed by atoms with Crippen molar-refractivity contribution in [1.82, 2.24) is 0 Å². The molecular weight excluding hydrogens is 253 g/mol. The second-order valence-electron chi connectivity index (χ2n) is 2.09. The molecule has 0 spiro atoms. The van der Waals surface area contributed by atoms with Crippen LogP contribution in [0.15, 0.2) is 4.99 Å². The monoisotopic (exact) mass is 263 g/mol. The molecule has 1 aliphatic heterocycles. The van der Waals surface area contributed by atoms with Crippen molar-refractivity contribution in [3.05, 3.63) is 0 Å². The van der Waals surface area contributed by atoms with Crippen LogP contribution in [0.5, 0.6) is 0 Å². The van der Waals surface area contributed by atoms with E-state index in [9.17, 15) is 5.11 Å². The van der Waals surface area contributed by atoms with E-state index in [1.807, 2.05) is 0 Å². The van der Waals surface area contributed by atoms with Crippen molar-refractivity contribution in [3.8, 4) is 0 Å². The molecule has 0 aromatic heterocycles. The summed E-state index contributed by atoms with van der Waals surface area (Å²) < 4.78 is 0. The summed E-state index contributed by atoms with van der Waals surface area (Å²) in [7, 11) is 0. The summed E-state index contributed by atoms with van der Waals surface area (Å²) in [4.78, 5) is 3.78. The first kappa shape index (κ1) is 13.5. The van der Waals surface area contributed by atoms with E-state index in [2.05, 4.69) is 4.99 Å². The minimum atomic E-state index is 0. The molecule has 0 N–H and O–H groups in total. The third-order valence-electron chi connectivity index (χ3n) is 1.34. The van der Waals surface area contributed by atoms with Crippen molar-refractivity contribution >= 4 is 29.0 Å². The maximum Gasteiger partial charge on any atom is 2.00 e. The first-order valence-electron chi connectivity index (χ1n) is 3.10. The predicted molar refractivity (Wildman–Crippen MR) is 36.5 cm³/mol. The first-order chi connectivity index (χ1) is 3.89. The van der Waals surface area contributed by atoms with Crippen LogP contribution < -0.4 is 29.1 Å². The number of aliphatic imine (C=N–C) groups is 1. The van der Waals surface area contributed by atoms with Crippen LogP contribution in [0, 0.1) is 0 Å². The summed E-state index contributed by atoms with van der Waals surface area (Å²) in [6.07, 6.45) is 4.00. The standard InChI is InChI=1S/C6H11NO.HI.Mg/c8-6-4-2-1-3-5-7-6;;/h1-5H2,(H,7,8);1H;/q;;+2/p-2. The Morgan fingerprint density at radius 1 is 1.20 bits per heavy atom. The molecule has 2 nitrogen and oxygen atoms in total. The number of hydrogen-bond donors (Lipinski definition) is 0. The Balaban J connectivity index is 0. The SMILES string of the molecule is [I-].[Mg+2].[O-]C1=NCCCCC1. The van der Waals surface area contributed by atoms with E-state index < -0.39 is 0 Å². The van der Waals surface area contributed by atoms with Gasteiger partial charge in [-0.2, -0.15) is 0 Å². The van der Waals surface area contributed by atoms with Crippen LogP contribution in [-0.4, -0.2) is 35.5 Å². The summed E-state index contributed by atoms with van der Waals surface area (Å²) in [5.41, 5.74) is 0. The van der Waals surface area contributed by atoms with E-state index in [0.29, 0.717) is 6.42 Å². The molecule has 0 aromatic carbocycles. The Bertz CT molecular complexity index is 108. The second kappa shape index (κ2) is 8.07. The van der Waals surface area contributed by atoms with E-state index in [1.165, 1.54) is 6.42 Å². The van der Waals surface area contributed by atoms with Gasteiger partial charge in [-0.1, -0.05) is 6.42 Å². The largest absolute Gasteiger partial charge is 2.00 e. The smallest absolute Gasteiger partial charge is 1.00 e. The number of nitrogens with zero attached hydrogens (tertiary/aromatic N) is 1. The molecule has 1 aliphatic rings. The van der Waals surface area contributed by atoms with Crippen molar-refractivity contribution in [2.45, 2.75) is 25.7 Å². The molecule has 1 rings (SSSR count). The van der Waals surface area contributed by atoms with E-state index in [0.717, 1.165) is 19.4 Å². The molecule has 0 saturated heterocycles. The second-order valence-corrected chi connectivity index (χ2v) is 2.09. The van der Waals surface area contributed by atoms with E-state index in [1.54, 1.807) is 0 Å². The fourth-order valence-corrected chi connectivity index (χ4v) is 0.848. The maximum absolute atomic E-state index is 10.5. The number of hydrogen-bond acceptors (Lipinski definition) is 2. The average Bonchev–Trinajstić information content (AvgIpc) is 1.94. The molecule has 0 fully saturated rings. The molecule has 0 radical (unpaired) electrons. The molecule has 0 unspecified atom stereocenters.